The van der Waals surface area contributed by atoms with E-state index in [-0.39, 0.29) is 24.2 Å². The summed E-state index contributed by atoms with van der Waals surface area (Å²) in [6, 6.07) is 3.56. The summed E-state index contributed by atoms with van der Waals surface area (Å²) in [5, 5.41) is 12.9. The molecule has 1 heterocycles. The Hall–Kier alpha value is -1.88. The molecule has 0 bridgehead atoms. The minimum absolute atomic E-state index is 0.0150. The Balaban J connectivity index is 1.83. The molecule has 0 saturated heterocycles. The molecule has 1 unspecified atom stereocenters. The Morgan fingerprint density at radius 2 is 2.24 bits per heavy atom. The van der Waals surface area contributed by atoms with Crippen molar-refractivity contribution < 1.29 is 19.4 Å². The van der Waals surface area contributed by atoms with Gasteiger partial charge in [-0.2, -0.15) is 0 Å². The van der Waals surface area contributed by atoms with Crippen LogP contribution in [0.15, 0.2) is 12.1 Å². The van der Waals surface area contributed by atoms with Gasteiger partial charge in [0, 0.05) is 30.5 Å². The molecule has 0 aromatic heterocycles. The van der Waals surface area contributed by atoms with Crippen molar-refractivity contribution in [3.63, 3.8) is 0 Å². The molecule has 2 aliphatic rings. The van der Waals surface area contributed by atoms with Gasteiger partial charge in [0.1, 0.15) is 18.5 Å². The van der Waals surface area contributed by atoms with Crippen LogP contribution < -0.4 is 10.1 Å². The number of aliphatic hydroxyl groups excluding tert-OH is 1. The number of carbonyl (C=O) groups is 2. The van der Waals surface area contributed by atoms with Crippen LogP contribution in [0.3, 0.4) is 0 Å². The second kappa shape index (κ2) is 5.48. The third-order valence-corrected chi connectivity index (χ3v) is 4.25. The molecule has 0 radical (unpaired) electrons. The molecule has 0 saturated carbocycles. The highest BCUT2D eigenvalue weighted by Crippen LogP contribution is 2.45. The highest BCUT2D eigenvalue weighted by Gasteiger charge is 2.37. The molecule has 3 rings (SSSR count). The van der Waals surface area contributed by atoms with Gasteiger partial charge in [-0.3, -0.25) is 9.59 Å². The quantitative estimate of drug-likeness (QED) is 0.884. The first kappa shape index (κ1) is 14.1. The van der Waals surface area contributed by atoms with Crippen LogP contribution in [0.4, 0.5) is 0 Å². The van der Waals surface area contributed by atoms with Gasteiger partial charge in [0.2, 0.25) is 5.91 Å². The van der Waals surface area contributed by atoms with Crippen molar-refractivity contribution in [2.24, 2.45) is 0 Å². The molecule has 0 fully saturated rings. The zero-order valence-corrected chi connectivity index (χ0v) is 12.0. The number of hydrogen-bond donors (Lipinski definition) is 2. The first-order valence-electron chi connectivity index (χ1n) is 7.39. The van der Waals surface area contributed by atoms with E-state index in [0.717, 1.165) is 11.1 Å². The summed E-state index contributed by atoms with van der Waals surface area (Å²) >= 11 is 0. The smallest absolute Gasteiger partial charge is 0.219 e. The number of fused-ring (bicyclic) bond motifs is 3. The van der Waals surface area contributed by atoms with E-state index >= 15 is 0 Å². The topological polar surface area (TPSA) is 75.6 Å². The van der Waals surface area contributed by atoms with Gasteiger partial charge in [0.15, 0.2) is 5.78 Å². The molecular formula is C16H19NO4. The summed E-state index contributed by atoms with van der Waals surface area (Å²) in [5.74, 6) is 0.856. The lowest BCUT2D eigenvalue weighted by Gasteiger charge is -2.15. The number of benzene rings is 1. The molecule has 2 N–H and O–H groups in total. The van der Waals surface area contributed by atoms with E-state index in [4.69, 9.17) is 4.74 Å². The molecule has 1 aliphatic heterocycles. The van der Waals surface area contributed by atoms with Crippen LogP contribution in [-0.2, 0) is 4.79 Å². The van der Waals surface area contributed by atoms with Crippen LogP contribution in [-0.4, -0.2) is 29.9 Å². The Kier molecular flexibility index (Phi) is 3.68. The van der Waals surface area contributed by atoms with Gasteiger partial charge in [-0.25, -0.2) is 0 Å². The monoisotopic (exact) mass is 289 g/mol. The second-order valence-corrected chi connectivity index (χ2v) is 5.58. The fraction of sp³-hybridized carbons (Fsp3) is 0.500. The molecule has 1 amide bonds. The molecule has 1 aromatic carbocycles. The van der Waals surface area contributed by atoms with Gasteiger partial charge >= 0.3 is 0 Å². The summed E-state index contributed by atoms with van der Waals surface area (Å²) in [5.41, 5.74) is 2.39. The average molecular weight is 289 g/mol. The maximum Gasteiger partial charge on any atom is 0.219 e. The Morgan fingerprint density at radius 1 is 1.43 bits per heavy atom. The summed E-state index contributed by atoms with van der Waals surface area (Å²) in [6.45, 7) is 2.61. The number of rotatable bonds is 4. The van der Waals surface area contributed by atoms with E-state index in [1.165, 1.54) is 0 Å². The maximum atomic E-state index is 12.1. The van der Waals surface area contributed by atoms with Crippen molar-refractivity contribution >= 4 is 11.7 Å². The Bertz CT molecular complexity index is 596. The van der Waals surface area contributed by atoms with Crippen molar-refractivity contribution in [1.29, 1.82) is 0 Å². The number of carbonyl (C=O) groups excluding carboxylic acids is 2. The molecule has 1 aliphatic carbocycles. The molecule has 5 heteroatoms. The van der Waals surface area contributed by atoms with Crippen molar-refractivity contribution in [3.05, 3.63) is 28.8 Å². The van der Waals surface area contributed by atoms with Crippen LogP contribution in [0.2, 0.25) is 0 Å². The van der Waals surface area contributed by atoms with Crippen molar-refractivity contribution in [2.45, 2.75) is 38.2 Å². The van der Waals surface area contributed by atoms with Crippen molar-refractivity contribution in [1.82, 2.24) is 5.32 Å². The van der Waals surface area contributed by atoms with Gasteiger partial charge in [-0.15, -0.1) is 0 Å². The molecule has 5 nitrogen and oxygen atoms in total. The van der Waals surface area contributed by atoms with Crippen LogP contribution in [0.25, 0.3) is 0 Å². The zero-order chi connectivity index (χ0) is 15.0. The second-order valence-electron chi connectivity index (χ2n) is 5.58. The number of amides is 1. The number of ether oxygens (including phenoxy) is 1. The molecule has 21 heavy (non-hydrogen) atoms. The predicted octanol–water partition coefficient (Wildman–Crippen LogP) is 1.70. The fourth-order valence-corrected chi connectivity index (χ4v) is 3.21. The van der Waals surface area contributed by atoms with Gasteiger partial charge in [-0.1, -0.05) is 6.92 Å². The van der Waals surface area contributed by atoms with Gasteiger partial charge in [-0.05, 0) is 30.0 Å². The molecule has 1 aromatic rings. The molecule has 0 spiro atoms. The largest absolute Gasteiger partial charge is 0.490 e. The number of nitrogens with one attached hydrogen (secondary N) is 1. The van der Waals surface area contributed by atoms with E-state index in [9.17, 15) is 14.7 Å². The molecule has 112 valence electrons. The van der Waals surface area contributed by atoms with E-state index in [0.29, 0.717) is 37.1 Å². The average Bonchev–Trinajstić information content (AvgIpc) is 3.00. The first-order chi connectivity index (χ1) is 10.1. The van der Waals surface area contributed by atoms with Crippen molar-refractivity contribution in [3.8, 4) is 5.75 Å². The van der Waals surface area contributed by atoms with E-state index in [2.05, 4.69) is 5.32 Å². The van der Waals surface area contributed by atoms with Gasteiger partial charge in [0.05, 0.1) is 0 Å². The van der Waals surface area contributed by atoms with Crippen molar-refractivity contribution in [2.75, 3.05) is 13.2 Å². The standard InChI is InChI=1S/C16H19NO4/c1-2-14(20)17-6-5-9-7-11(18)10-3-4-13-16(15(9)10)12(19)8-21-13/h3-4,9,12,19H,2,5-8H2,1H3,(H,17,20)/t9-,12?/m1/s1. The number of Topliss-reactive ketones (excluding diaryl/α,β-unsaturated/α-hetero) is 1. The molecular weight excluding hydrogens is 270 g/mol. The lowest BCUT2D eigenvalue weighted by atomic mass is 9.91. The third-order valence-electron chi connectivity index (χ3n) is 4.25. The highest BCUT2D eigenvalue weighted by atomic mass is 16.5. The highest BCUT2D eigenvalue weighted by molar-refractivity contribution is 6.02. The molecule has 2 atom stereocenters. The third kappa shape index (κ3) is 2.42. The minimum atomic E-state index is -0.659. The zero-order valence-electron chi connectivity index (χ0n) is 12.0. The summed E-state index contributed by atoms with van der Waals surface area (Å²) < 4.78 is 5.45. The lowest BCUT2D eigenvalue weighted by molar-refractivity contribution is -0.120. The fourth-order valence-electron chi connectivity index (χ4n) is 3.21. The van der Waals surface area contributed by atoms with E-state index < -0.39 is 6.10 Å². The van der Waals surface area contributed by atoms with Gasteiger partial charge in [0.25, 0.3) is 0 Å². The SMILES string of the molecule is CCC(=O)NCC[C@@H]1CC(=O)c2ccc3c(c21)C(O)CO3. The summed E-state index contributed by atoms with van der Waals surface area (Å²) in [6.07, 6.45) is 0.949. The van der Waals surface area contributed by atoms with Crippen LogP contribution in [0, 0.1) is 0 Å². The summed E-state index contributed by atoms with van der Waals surface area (Å²) in [7, 11) is 0. The van der Waals surface area contributed by atoms with E-state index in [1.54, 1.807) is 12.1 Å². The Labute approximate surface area is 123 Å². The first-order valence-corrected chi connectivity index (χ1v) is 7.39. The van der Waals surface area contributed by atoms with Crippen LogP contribution in [0.5, 0.6) is 5.75 Å². The van der Waals surface area contributed by atoms with Crippen LogP contribution in [0.1, 0.15) is 59.7 Å². The lowest BCUT2D eigenvalue weighted by Crippen LogP contribution is -2.24. The number of hydrogen-bond acceptors (Lipinski definition) is 4. The summed E-state index contributed by atoms with van der Waals surface area (Å²) in [4.78, 5) is 23.4. The maximum absolute atomic E-state index is 12.1. The van der Waals surface area contributed by atoms with Gasteiger partial charge < -0.3 is 15.2 Å². The predicted molar refractivity (Wildman–Crippen MR) is 76.5 cm³/mol. The Morgan fingerprint density at radius 3 is 3.00 bits per heavy atom. The minimum Gasteiger partial charge on any atom is -0.490 e. The number of aliphatic hydroxyl groups is 1. The normalized spacial score (nSPS) is 22.7. The van der Waals surface area contributed by atoms with E-state index in [1.807, 2.05) is 6.92 Å². The van der Waals surface area contributed by atoms with Crippen LogP contribution >= 0.6 is 0 Å². The number of ketones is 1.